The van der Waals surface area contributed by atoms with E-state index in [-0.39, 0.29) is 6.61 Å². The van der Waals surface area contributed by atoms with Gasteiger partial charge in [-0.05, 0) is 55.1 Å². The number of rotatable bonds is 2. The average molecular weight is 394 g/mol. The lowest BCUT2D eigenvalue weighted by molar-refractivity contribution is 0.281. The summed E-state index contributed by atoms with van der Waals surface area (Å²) in [5.41, 5.74) is 1.87. The van der Waals surface area contributed by atoms with Crippen molar-refractivity contribution in [2.75, 3.05) is 0 Å². The van der Waals surface area contributed by atoms with Crippen LogP contribution in [-0.2, 0) is 12.5 Å². The largest absolute Gasteiger partial charge is 0.392 e. The van der Waals surface area contributed by atoms with Crippen molar-refractivity contribution in [2.24, 2.45) is 0 Å². The standard InChI is InChI=1S/C6H5BrClN.C6H6BrNO/c7-6-2-1-5(3-8)4-9-6;7-6-2-1-5(4-9)3-8-6/h1-2,4H,3H2;1-3,9H,4H2. The maximum Gasteiger partial charge on any atom is 0.106 e. The quantitative estimate of drug-likeness (QED) is 0.620. The van der Waals surface area contributed by atoms with Gasteiger partial charge in [0.1, 0.15) is 9.21 Å². The number of hydrogen-bond acceptors (Lipinski definition) is 3. The zero-order valence-electron chi connectivity index (χ0n) is 9.35. The third-order valence-corrected chi connectivity index (χ3v) is 3.16. The number of halogens is 3. The lowest BCUT2D eigenvalue weighted by Gasteiger charge is -1.92. The average Bonchev–Trinajstić information content (AvgIpc) is 2.41. The Kier molecular flexibility index (Phi) is 7.42. The van der Waals surface area contributed by atoms with Gasteiger partial charge in [0.05, 0.1) is 6.61 Å². The van der Waals surface area contributed by atoms with Crippen LogP contribution in [-0.4, -0.2) is 15.1 Å². The zero-order chi connectivity index (χ0) is 13.4. The Morgan fingerprint density at radius 1 is 0.944 bits per heavy atom. The van der Waals surface area contributed by atoms with Gasteiger partial charge in [-0.1, -0.05) is 12.1 Å². The van der Waals surface area contributed by atoms with E-state index in [9.17, 15) is 0 Å². The summed E-state index contributed by atoms with van der Waals surface area (Å²) in [7, 11) is 0. The second kappa shape index (κ2) is 8.58. The van der Waals surface area contributed by atoms with E-state index in [0.717, 1.165) is 20.3 Å². The fourth-order valence-electron chi connectivity index (χ4n) is 0.985. The minimum absolute atomic E-state index is 0.0558. The summed E-state index contributed by atoms with van der Waals surface area (Å²) in [4.78, 5) is 7.89. The van der Waals surface area contributed by atoms with Crippen LogP contribution in [0.4, 0.5) is 0 Å². The summed E-state index contributed by atoms with van der Waals surface area (Å²) < 4.78 is 1.64. The van der Waals surface area contributed by atoms with Gasteiger partial charge in [-0.3, -0.25) is 0 Å². The summed E-state index contributed by atoms with van der Waals surface area (Å²) in [6.07, 6.45) is 3.38. The van der Waals surface area contributed by atoms with Gasteiger partial charge in [-0.15, -0.1) is 11.6 Å². The highest BCUT2D eigenvalue weighted by Gasteiger charge is 1.89. The minimum Gasteiger partial charge on any atom is -0.392 e. The molecule has 2 heterocycles. The molecule has 2 aromatic rings. The molecular weight excluding hydrogens is 383 g/mol. The molecule has 1 N–H and O–H groups in total. The molecule has 2 aromatic heterocycles. The van der Waals surface area contributed by atoms with E-state index in [4.69, 9.17) is 16.7 Å². The lowest BCUT2D eigenvalue weighted by atomic mass is 10.3. The molecule has 0 saturated carbocycles. The molecule has 0 aliphatic rings. The van der Waals surface area contributed by atoms with E-state index >= 15 is 0 Å². The number of aliphatic hydroxyl groups excluding tert-OH is 1. The summed E-state index contributed by atoms with van der Waals surface area (Å²) in [6, 6.07) is 7.42. The minimum atomic E-state index is 0.0558. The Bertz CT molecular complexity index is 417. The van der Waals surface area contributed by atoms with Gasteiger partial charge in [0, 0.05) is 18.3 Å². The van der Waals surface area contributed by atoms with E-state index in [2.05, 4.69) is 41.8 Å². The maximum absolute atomic E-state index is 8.57. The van der Waals surface area contributed by atoms with Crippen LogP contribution in [0.2, 0.25) is 0 Å². The van der Waals surface area contributed by atoms with E-state index in [0.29, 0.717) is 5.88 Å². The number of pyridine rings is 2. The molecule has 0 atom stereocenters. The number of aromatic nitrogens is 2. The topological polar surface area (TPSA) is 46.0 Å². The monoisotopic (exact) mass is 392 g/mol. The smallest absolute Gasteiger partial charge is 0.106 e. The molecule has 0 aromatic carbocycles. The van der Waals surface area contributed by atoms with Crippen molar-refractivity contribution >= 4 is 43.5 Å². The molecule has 0 radical (unpaired) electrons. The summed E-state index contributed by atoms with van der Waals surface area (Å²) >= 11 is 11.9. The Morgan fingerprint density at radius 2 is 1.44 bits per heavy atom. The van der Waals surface area contributed by atoms with E-state index in [1.165, 1.54) is 0 Å². The van der Waals surface area contributed by atoms with E-state index < -0.39 is 0 Å². The molecule has 0 amide bonds. The highest BCUT2D eigenvalue weighted by molar-refractivity contribution is 9.10. The first-order valence-corrected chi connectivity index (χ1v) is 7.15. The molecule has 0 aliphatic carbocycles. The van der Waals surface area contributed by atoms with Crippen LogP contribution in [0.3, 0.4) is 0 Å². The van der Waals surface area contributed by atoms with Gasteiger partial charge in [0.2, 0.25) is 0 Å². The molecule has 96 valence electrons. The first-order valence-electron chi connectivity index (χ1n) is 5.03. The Morgan fingerprint density at radius 3 is 1.78 bits per heavy atom. The van der Waals surface area contributed by atoms with Crippen LogP contribution >= 0.6 is 43.5 Å². The van der Waals surface area contributed by atoms with Crippen LogP contribution in [0.5, 0.6) is 0 Å². The molecule has 18 heavy (non-hydrogen) atoms. The summed E-state index contributed by atoms with van der Waals surface area (Å²) in [5, 5.41) is 8.57. The SMILES string of the molecule is ClCc1ccc(Br)nc1.OCc1ccc(Br)nc1. The molecule has 6 heteroatoms. The van der Waals surface area contributed by atoms with Gasteiger partial charge in [-0.25, -0.2) is 9.97 Å². The van der Waals surface area contributed by atoms with Crippen molar-refractivity contribution in [3.8, 4) is 0 Å². The molecule has 0 saturated heterocycles. The lowest BCUT2D eigenvalue weighted by Crippen LogP contribution is -1.83. The molecule has 0 fully saturated rings. The number of aliphatic hydroxyl groups is 1. The van der Waals surface area contributed by atoms with Gasteiger partial charge in [0.25, 0.3) is 0 Å². The molecule has 2 rings (SSSR count). The molecule has 3 nitrogen and oxygen atoms in total. The molecule has 0 aliphatic heterocycles. The van der Waals surface area contributed by atoms with Gasteiger partial charge in [-0.2, -0.15) is 0 Å². The zero-order valence-corrected chi connectivity index (χ0v) is 13.3. The van der Waals surface area contributed by atoms with E-state index in [1.807, 2.05) is 18.2 Å². The number of hydrogen-bond donors (Lipinski definition) is 1. The summed E-state index contributed by atoms with van der Waals surface area (Å²) in [5.74, 6) is 0.528. The fraction of sp³-hybridized carbons (Fsp3) is 0.167. The summed E-state index contributed by atoms with van der Waals surface area (Å²) in [6.45, 7) is 0.0558. The van der Waals surface area contributed by atoms with Crippen molar-refractivity contribution in [3.05, 3.63) is 57.0 Å². The van der Waals surface area contributed by atoms with Crippen LogP contribution in [0.15, 0.2) is 45.9 Å². The predicted octanol–water partition coefficient (Wildman–Crippen LogP) is 3.92. The Labute approximate surface area is 127 Å². The number of nitrogens with zero attached hydrogens (tertiary/aromatic N) is 2. The van der Waals surface area contributed by atoms with Crippen LogP contribution in [0.1, 0.15) is 11.1 Å². The second-order valence-corrected chi connectivity index (χ2v) is 5.16. The molecule has 0 bridgehead atoms. The van der Waals surface area contributed by atoms with Crippen LogP contribution in [0, 0.1) is 0 Å². The highest BCUT2D eigenvalue weighted by Crippen LogP contribution is 2.07. The fourth-order valence-corrected chi connectivity index (χ4v) is 1.61. The Hall–Kier alpha value is -0.490. The normalized spacial score (nSPS) is 9.56. The Balaban J connectivity index is 0.000000180. The first kappa shape index (κ1) is 15.6. The molecular formula is C12H11Br2ClN2O. The van der Waals surface area contributed by atoms with Gasteiger partial charge >= 0.3 is 0 Å². The third kappa shape index (κ3) is 5.91. The first-order chi connectivity index (χ1) is 8.65. The molecule has 0 unspecified atom stereocenters. The second-order valence-electron chi connectivity index (χ2n) is 3.27. The number of alkyl halides is 1. The van der Waals surface area contributed by atoms with Crippen molar-refractivity contribution in [2.45, 2.75) is 12.5 Å². The maximum atomic E-state index is 8.57. The van der Waals surface area contributed by atoms with E-state index in [1.54, 1.807) is 18.5 Å². The third-order valence-electron chi connectivity index (χ3n) is 1.91. The van der Waals surface area contributed by atoms with Crippen molar-refractivity contribution < 1.29 is 5.11 Å². The van der Waals surface area contributed by atoms with Crippen LogP contribution < -0.4 is 0 Å². The van der Waals surface area contributed by atoms with Crippen LogP contribution in [0.25, 0.3) is 0 Å². The molecule has 0 spiro atoms. The highest BCUT2D eigenvalue weighted by atomic mass is 79.9. The van der Waals surface area contributed by atoms with Gasteiger partial charge in [0.15, 0.2) is 0 Å². The van der Waals surface area contributed by atoms with Crippen molar-refractivity contribution in [1.82, 2.24) is 9.97 Å². The predicted molar refractivity (Wildman–Crippen MR) is 79.4 cm³/mol. The van der Waals surface area contributed by atoms with Crippen molar-refractivity contribution in [3.63, 3.8) is 0 Å². The van der Waals surface area contributed by atoms with Crippen molar-refractivity contribution in [1.29, 1.82) is 0 Å². The van der Waals surface area contributed by atoms with Gasteiger partial charge < -0.3 is 5.11 Å².